The lowest BCUT2D eigenvalue weighted by atomic mass is 9.86. The van der Waals surface area contributed by atoms with Crippen LogP contribution < -0.4 is 9.47 Å². The lowest BCUT2D eigenvalue weighted by Crippen LogP contribution is -2.42. The van der Waals surface area contributed by atoms with Crippen LogP contribution in [0.4, 0.5) is 0 Å². The Morgan fingerprint density at radius 3 is 1.33 bits per heavy atom. The maximum absolute atomic E-state index is 13.9. The second kappa shape index (κ2) is 17.4. The highest BCUT2D eigenvalue weighted by molar-refractivity contribution is 5.99. The van der Waals surface area contributed by atoms with Crippen molar-refractivity contribution in [2.75, 3.05) is 78.9 Å². The Kier molecular flexibility index (Phi) is 13.3. The van der Waals surface area contributed by atoms with Crippen LogP contribution in [0.25, 0.3) is 0 Å². The van der Waals surface area contributed by atoms with Crippen LogP contribution in [0.15, 0.2) is 48.5 Å². The molecule has 230 valence electrons. The van der Waals surface area contributed by atoms with Crippen molar-refractivity contribution >= 4 is 11.6 Å². The molecule has 0 bridgehead atoms. The van der Waals surface area contributed by atoms with E-state index < -0.39 is 0 Å². The van der Waals surface area contributed by atoms with Gasteiger partial charge in [0.2, 0.25) is 0 Å². The molecule has 0 spiro atoms. The lowest BCUT2D eigenvalue weighted by molar-refractivity contribution is 0.0254. The van der Waals surface area contributed by atoms with Gasteiger partial charge in [-0.25, -0.2) is 0 Å². The molecule has 2 aliphatic heterocycles. The molecule has 2 saturated heterocycles. The fourth-order valence-electron chi connectivity index (χ4n) is 5.55. The number of hydrogen-bond donors (Lipinski definition) is 0. The molecule has 42 heavy (non-hydrogen) atoms. The second-order valence-electron chi connectivity index (χ2n) is 11.3. The Balaban J connectivity index is 1.49. The molecule has 8 heteroatoms. The van der Waals surface area contributed by atoms with Crippen molar-refractivity contribution in [3.05, 3.63) is 59.7 Å². The summed E-state index contributed by atoms with van der Waals surface area (Å²) in [5.74, 6) is 1.38. The van der Waals surface area contributed by atoms with Gasteiger partial charge >= 0.3 is 0 Å². The number of carbonyl (C=O) groups is 2. The quantitative estimate of drug-likeness (QED) is 0.242. The molecule has 0 aliphatic carbocycles. The summed E-state index contributed by atoms with van der Waals surface area (Å²) in [5.41, 5.74) is 1.38. The highest BCUT2D eigenvalue weighted by Gasteiger charge is 2.29. The highest BCUT2D eigenvalue weighted by atomic mass is 16.5. The van der Waals surface area contributed by atoms with E-state index in [4.69, 9.17) is 18.9 Å². The fourth-order valence-corrected chi connectivity index (χ4v) is 5.55. The average molecular weight is 581 g/mol. The smallest absolute Gasteiger partial charge is 0.167 e. The van der Waals surface area contributed by atoms with E-state index in [1.165, 1.54) is 0 Å². The lowest BCUT2D eigenvalue weighted by Gasteiger charge is -2.32. The molecule has 0 saturated carbocycles. The molecule has 2 atom stereocenters. The van der Waals surface area contributed by atoms with E-state index in [0.717, 1.165) is 50.5 Å². The topological polar surface area (TPSA) is 77.5 Å². The van der Waals surface area contributed by atoms with Crippen molar-refractivity contribution in [3.63, 3.8) is 0 Å². The monoisotopic (exact) mass is 580 g/mol. The molecule has 0 aromatic heterocycles. The summed E-state index contributed by atoms with van der Waals surface area (Å²) in [7, 11) is 0. The zero-order chi connectivity index (χ0) is 29.6. The first-order chi connectivity index (χ1) is 20.6. The fraction of sp³-hybridized carbons (Fsp3) is 0.588. The molecule has 4 rings (SSSR count). The van der Waals surface area contributed by atoms with Crippen molar-refractivity contribution in [2.45, 2.75) is 39.5 Å². The van der Waals surface area contributed by atoms with Gasteiger partial charge in [0.1, 0.15) is 11.5 Å². The van der Waals surface area contributed by atoms with Gasteiger partial charge in [0.15, 0.2) is 11.6 Å². The number of hydrogen-bond acceptors (Lipinski definition) is 8. The summed E-state index contributed by atoms with van der Waals surface area (Å²) < 4.78 is 22.6. The third kappa shape index (κ3) is 9.90. The summed E-state index contributed by atoms with van der Waals surface area (Å²) >= 11 is 0. The van der Waals surface area contributed by atoms with E-state index in [1.54, 1.807) is 0 Å². The van der Waals surface area contributed by atoms with Crippen LogP contribution in [-0.4, -0.2) is 100 Å². The summed E-state index contributed by atoms with van der Waals surface area (Å²) in [6, 6.07) is 15.0. The molecule has 0 unspecified atom stereocenters. The van der Waals surface area contributed by atoms with E-state index in [-0.39, 0.29) is 23.4 Å². The normalized spacial score (nSPS) is 17.9. The first kappa shape index (κ1) is 32.1. The van der Waals surface area contributed by atoms with Crippen molar-refractivity contribution in [2.24, 2.45) is 11.8 Å². The third-order valence-corrected chi connectivity index (χ3v) is 7.99. The number of rotatable bonds is 17. The highest BCUT2D eigenvalue weighted by Crippen LogP contribution is 2.25. The van der Waals surface area contributed by atoms with Crippen LogP contribution in [0.1, 0.15) is 60.2 Å². The van der Waals surface area contributed by atoms with E-state index in [1.807, 2.05) is 48.5 Å². The van der Waals surface area contributed by atoms with Crippen molar-refractivity contribution in [3.8, 4) is 11.5 Å². The number of morpholine rings is 2. The molecule has 2 heterocycles. The van der Waals surface area contributed by atoms with Crippen LogP contribution >= 0.6 is 0 Å². The Labute approximate surface area is 251 Å². The third-order valence-electron chi connectivity index (χ3n) is 7.99. The van der Waals surface area contributed by atoms with Gasteiger partial charge in [0, 0.05) is 62.2 Å². The van der Waals surface area contributed by atoms with E-state index in [0.29, 0.717) is 76.7 Å². The average Bonchev–Trinajstić information content (AvgIpc) is 3.05. The van der Waals surface area contributed by atoms with E-state index in [2.05, 4.69) is 23.6 Å². The molecule has 2 aromatic carbocycles. The van der Waals surface area contributed by atoms with Gasteiger partial charge in [-0.05, 0) is 74.2 Å². The van der Waals surface area contributed by atoms with E-state index >= 15 is 0 Å². The minimum atomic E-state index is -0.213. The molecule has 0 N–H and O–H groups in total. The zero-order valence-electron chi connectivity index (χ0n) is 25.4. The van der Waals surface area contributed by atoms with Crippen LogP contribution in [-0.2, 0) is 9.47 Å². The number of ketones is 2. The molecule has 2 fully saturated rings. The predicted molar refractivity (Wildman–Crippen MR) is 164 cm³/mol. The number of carbonyl (C=O) groups excluding carboxylic acids is 2. The van der Waals surface area contributed by atoms with Gasteiger partial charge in [-0.1, -0.05) is 13.8 Å². The number of Topliss-reactive ketones (excluding diaryl/α,β-unsaturated/α-hetero) is 2. The standard InChI is InChI=1S/C34H48N2O6/c1-3-19-41-31-11-7-27(8-12-31)33(37)29(25-35-15-21-39-22-16-35)5-6-30(26-36-17-23-40-24-18-36)34(38)28-9-13-32(14-10-28)42-20-4-2/h7-14,29-30H,3-6,15-26H2,1-2H3/t29-,30+. The second-order valence-corrected chi connectivity index (χ2v) is 11.3. The minimum Gasteiger partial charge on any atom is -0.494 e. The first-order valence-electron chi connectivity index (χ1n) is 15.7. The summed E-state index contributed by atoms with van der Waals surface area (Å²) in [4.78, 5) is 32.4. The Hall–Kier alpha value is -2.78. The predicted octanol–water partition coefficient (Wildman–Crippen LogP) is 5.01. The zero-order valence-corrected chi connectivity index (χ0v) is 25.4. The van der Waals surface area contributed by atoms with Gasteiger partial charge in [-0.15, -0.1) is 0 Å². The Bertz CT molecular complexity index is 991. The molecular weight excluding hydrogens is 532 g/mol. The number of benzene rings is 2. The maximum atomic E-state index is 13.9. The molecule has 2 aliphatic rings. The largest absolute Gasteiger partial charge is 0.494 e. The van der Waals surface area contributed by atoms with Crippen LogP contribution in [0, 0.1) is 11.8 Å². The van der Waals surface area contributed by atoms with E-state index in [9.17, 15) is 9.59 Å². The molecule has 8 nitrogen and oxygen atoms in total. The van der Waals surface area contributed by atoms with Gasteiger partial charge in [0.05, 0.1) is 39.6 Å². The van der Waals surface area contributed by atoms with Crippen molar-refractivity contribution < 1.29 is 28.5 Å². The van der Waals surface area contributed by atoms with Crippen LogP contribution in [0.5, 0.6) is 11.5 Å². The Morgan fingerprint density at radius 2 is 1.00 bits per heavy atom. The van der Waals surface area contributed by atoms with Crippen molar-refractivity contribution in [1.29, 1.82) is 0 Å². The van der Waals surface area contributed by atoms with Crippen LogP contribution in [0.2, 0.25) is 0 Å². The summed E-state index contributed by atoms with van der Waals surface area (Å²) in [6.07, 6.45) is 3.15. The minimum absolute atomic E-state index is 0.124. The van der Waals surface area contributed by atoms with Gasteiger partial charge < -0.3 is 18.9 Å². The Morgan fingerprint density at radius 1 is 0.643 bits per heavy atom. The molecule has 0 radical (unpaired) electrons. The summed E-state index contributed by atoms with van der Waals surface area (Å²) in [6.45, 7) is 12.8. The molecular formula is C34H48N2O6. The first-order valence-corrected chi connectivity index (χ1v) is 15.7. The van der Waals surface area contributed by atoms with Gasteiger partial charge in [-0.3, -0.25) is 19.4 Å². The molecule has 0 amide bonds. The van der Waals surface area contributed by atoms with Crippen LogP contribution in [0.3, 0.4) is 0 Å². The van der Waals surface area contributed by atoms with Crippen molar-refractivity contribution in [1.82, 2.24) is 9.80 Å². The SMILES string of the molecule is CCCOc1ccc(C(=O)[C@H](CC[C@@H](CN2CCOCC2)C(=O)c2ccc(OCCC)cc2)CN2CCOCC2)cc1. The van der Waals surface area contributed by atoms with Gasteiger partial charge in [0.25, 0.3) is 0 Å². The molecule has 2 aromatic rings. The maximum Gasteiger partial charge on any atom is 0.167 e. The number of ether oxygens (including phenoxy) is 4. The van der Waals surface area contributed by atoms with Gasteiger partial charge in [-0.2, -0.15) is 0 Å². The summed E-state index contributed by atoms with van der Waals surface area (Å²) in [5, 5.41) is 0. The number of nitrogens with zero attached hydrogens (tertiary/aromatic N) is 2.